The second-order valence-electron chi connectivity index (χ2n) is 5.27. The monoisotopic (exact) mass is 288 g/mol. The van der Waals surface area contributed by atoms with Gasteiger partial charge in [-0.2, -0.15) is 0 Å². The highest BCUT2D eigenvalue weighted by molar-refractivity contribution is 6.01. The highest BCUT2D eigenvalue weighted by atomic mass is 16.5. The molecule has 0 aliphatic carbocycles. The van der Waals surface area contributed by atoms with Crippen LogP contribution in [0.25, 0.3) is 22.1 Å². The van der Waals surface area contributed by atoms with E-state index in [9.17, 15) is 5.11 Å². The first-order valence-electron chi connectivity index (χ1n) is 7.18. The fourth-order valence-corrected chi connectivity index (χ4v) is 2.84. The Bertz CT molecular complexity index is 760. The van der Waals surface area contributed by atoms with Crippen molar-refractivity contribution in [2.24, 2.45) is 0 Å². The second-order valence-corrected chi connectivity index (χ2v) is 5.27. The summed E-state index contributed by atoms with van der Waals surface area (Å²) in [4.78, 5) is 12.1. The van der Waals surface area contributed by atoms with Gasteiger partial charge in [-0.1, -0.05) is 6.92 Å². The van der Waals surface area contributed by atoms with Gasteiger partial charge in [-0.3, -0.25) is 0 Å². The first-order chi connectivity index (χ1) is 10.2. The van der Waals surface area contributed by atoms with Gasteiger partial charge in [0, 0.05) is 18.7 Å². The SMILES string of the molecule is CCC(COC)n1c(C(C)O)nc2cnc3[nH]ccc3c21. The number of imidazole rings is 1. The first-order valence-corrected chi connectivity index (χ1v) is 7.18. The summed E-state index contributed by atoms with van der Waals surface area (Å²) in [6.45, 7) is 4.42. The van der Waals surface area contributed by atoms with Gasteiger partial charge in [-0.05, 0) is 19.4 Å². The Kier molecular flexibility index (Phi) is 3.65. The lowest BCUT2D eigenvalue weighted by Crippen LogP contribution is -2.18. The Balaban J connectivity index is 2.35. The van der Waals surface area contributed by atoms with Gasteiger partial charge >= 0.3 is 0 Å². The van der Waals surface area contributed by atoms with Crippen LogP contribution >= 0.6 is 0 Å². The molecule has 0 aromatic carbocycles. The molecule has 0 amide bonds. The molecule has 0 aliphatic rings. The van der Waals surface area contributed by atoms with Crippen molar-refractivity contribution in [3.63, 3.8) is 0 Å². The fraction of sp³-hybridized carbons (Fsp3) is 0.467. The van der Waals surface area contributed by atoms with Gasteiger partial charge in [0.05, 0.1) is 24.4 Å². The molecule has 3 aromatic heterocycles. The van der Waals surface area contributed by atoms with Crippen molar-refractivity contribution in [3.05, 3.63) is 24.3 Å². The molecule has 0 bridgehead atoms. The van der Waals surface area contributed by atoms with Crippen LogP contribution in [0.1, 0.15) is 38.2 Å². The average molecular weight is 288 g/mol. The predicted molar refractivity (Wildman–Crippen MR) is 81.2 cm³/mol. The lowest BCUT2D eigenvalue weighted by Gasteiger charge is -2.21. The molecule has 2 N–H and O–H groups in total. The number of aliphatic hydroxyl groups is 1. The van der Waals surface area contributed by atoms with E-state index >= 15 is 0 Å². The van der Waals surface area contributed by atoms with Crippen LogP contribution in [-0.4, -0.2) is 38.3 Å². The number of pyridine rings is 1. The third kappa shape index (κ3) is 2.20. The van der Waals surface area contributed by atoms with Crippen molar-refractivity contribution < 1.29 is 9.84 Å². The zero-order valence-electron chi connectivity index (χ0n) is 12.5. The molecule has 2 unspecified atom stereocenters. The van der Waals surface area contributed by atoms with Crippen LogP contribution in [0.2, 0.25) is 0 Å². The van der Waals surface area contributed by atoms with E-state index in [-0.39, 0.29) is 6.04 Å². The Morgan fingerprint density at radius 1 is 1.48 bits per heavy atom. The van der Waals surface area contributed by atoms with E-state index in [0.29, 0.717) is 12.4 Å². The number of hydrogen-bond acceptors (Lipinski definition) is 4. The van der Waals surface area contributed by atoms with Crippen LogP contribution in [-0.2, 0) is 4.74 Å². The van der Waals surface area contributed by atoms with Crippen LogP contribution in [0.4, 0.5) is 0 Å². The van der Waals surface area contributed by atoms with Crippen molar-refractivity contribution >= 4 is 22.1 Å². The Labute approximate surface area is 122 Å². The number of fused-ring (bicyclic) bond motifs is 3. The van der Waals surface area contributed by atoms with E-state index in [1.807, 2.05) is 12.3 Å². The molecule has 3 heterocycles. The quantitative estimate of drug-likeness (QED) is 0.756. The van der Waals surface area contributed by atoms with Crippen LogP contribution in [0.5, 0.6) is 0 Å². The van der Waals surface area contributed by atoms with E-state index in [1.54, 1.807) is 20.2 Å². The van der Waals surface area contributed by atoms with E-state index in [2.05, 4.69) is 26.4 Å². The number of aliphatic hydroxyl groups excluding tert-OH is 1. The number of methoxy groups -OCH3 is 1. The minimum absolute atomic E-state index is 0.130. The van der Waals surface area contributed by atoms with Gasteiger partial charge in [0.1, 0.15) is 23.1 Å². The molecule has 112 valence electrons. The van der Waals surface area contributed by atoms with Crippen molar-refractivity contribution in [1.82, 2.24) is 19.5 Å². The topological polar surface area (TPSA) is 76.0 Å². The normalized spacial score (nSPS) is 14.9. The summed E-state index contributed by atoms with van der Waals surface area (Å²) in [5.74, 6) is 0.657. The summed E-state index contributed by atoms with van der Waals surface area (Å²) in [6.07, 6.45) is 3.87. The minimum atomic E-state index is -0.641. The lowest BCUT2D eigenvalue weighted by molar-refractivity contribution is 0.140. The summed E-state index contributed by atoms with van der Waals surface area (Å²) < 4.78 is 7.44. The molecule has 6 nitrogen and oxygen atoms in total. The van der Waals surface area contributed by atoms with Crippen molar-refractivity contribution in [3.8, 4) is 0 Å². The van der Waals surface area contributed by atoms with Gasteiger partial charge in [0.15, 0.2) is 0 Å². The standard InChI is InChI=1S/C15H20N4O2/c1-4-10(8-21-3)19-13-11-5-6-16-14(11)17-7-12(13)18-15(19)9(2)20/h5-7,9-10,20H,4,8H2,1-3H3,(H,16,17). The van der Waals surface area contributed by atoms with Gasteiger partial charge < -0.3 is 19.4 Å². The summed E-state index contributed by atoms with van der Waals surface area (Å²) in [5.41, 5.74) is 2.63. The molecular formula is C15H20N4O2. The molecule has 0 fully saturated rings. The van der Waals surface area contributed by atoms with Crippen LogP contribution < -0.4 is 0 Å². The molecule has 0 radical (unpaired) electrons. The number of rotatable bonds is 5. The Morgan fingerprint density at radius 2 is 2.29 bits per heavy atom. The van der Waals surface area contributed by atoms with Gasteiger partial charge in [0.25, 0.3) is 0 Å². The van der Waals surface area contributed by atoms with Crippen molar-refractivity contribution in [2.75, 3.05) is 13.7 Å². The number of hydrogen-bond donors (Lipinski definition) is 2. The number of nitrogens with one attached hydrogen (secondary N) is 1. The molecule has 6 heteroatoms. The number of nitrogens with zero attached hydrogens (tertiary/aromatic N) is 3. The molecule has 0 saturated heterocycles. The minimum Gasteiger partial charge on any atom is -0.385 e. The van der Waals surface area contributed by atoms with Gasteiger partial charge in [0.2, 0.25) is 0 Å². The third-order valence-corrected chi connectivity index (χ3v) is 3.83. The smallest absolute Gasteiger partial charge is 0.139 e. The number of aromatic nitrogens is 4. The maximum atomic E-state index is 10.1. The average Bonchev–Trinajstić information content (AvgIpc) is 3.07. The van der Waals surface area contributed by atoms with E-state index < -0.39 is 6.10 Å². The lowest BCUT2D eigenvalue weighted by atomic mass is 10.2. The van der Waals surface area contributed by atoms with Crippen LogP contribution in [0.3, 0.4) is 0 Å². The Hall–Kier alpha value is -1.92. The molecule has 0 spiro atoms. The molecule has 0 saturated carbocycles. The number of H-pyrrole nitrogens is 1. The summed E-state index contributed by atoms with van der Waals surface area (Å²) in [7, 11) is 1.69. The fourth-order valence-electron chi connectivity index (χ4n) is 2.84. The predicted octanol–water partition coefficient (Wildman–Crippen LogP) is 2.56. The van der Waals surface area contributed by atoms with E-state index in [4.69, 9.17) is 4.74 Å². The highest BCUT2D eigenvalue weighted by Crippen LogP contribution is 2.31. The summed E-state index contributed by atoms with van der Waals surface area (Å²) >= 11 is 0. The van der Waals surface area contributed by atoms with Crippen LogP contribution in [0.15, 0.2) is 18.5 Å². The first kappa shape index (κ1) is 14.0. The van der Waals surface area contributed by atoms with Gasteiger partial charge in [-0.25, -0.2) is 9.97 Å². The van der Waals surface area contributed by atoms with E-state index in [0.717, 1.165) is 28.5 Å². The zero-order chi connectivity index (χ0) is 15.0. The summed E-state index contributed by atoms with van der Waals surface area (Å²) in [6, 6.07) is 2.12. The summed E-state index contributed by atoms with van der Waals surface area (Å²) in [5, 5.41) is 11.1. The molecule has 2 atom stereocenters. The maximum Gasteiger partial charge on any atom is 0.139 e. The number of aromatic amines is 1. The molecular weight excluding hydrogens is 268 g/mol. The molecule has 0 aliphatic heterocycles. The molecule has 21 heavy (non-hydrogen) atoms. The molecule has 3 aromatic rings. The van der Waals surface area contributed by atoms with Gasteiger partial charge in [-0.15, -0.1) is 0 Å². The number of ether oxygens (including phenoxy) is 1. The molecule has 3 rings (SSSR count). The largest absolute Gasteiger partial charge is 0.385 e. The Morgan fingerprint density at radius 3 is 2.95 bits per heavy atom. The maximum absolute atomic E-state index is 10.1. The van der Waals surface area contributed by atoms with Crippen LogP contribution in [0, 0.1) is 0 Å². The zero-order valence-corrected chi connectivity index (χ0v) is 12.5. The second kappa shape index (κ2) is 5.46. The van der Waals surface area contributed by atoms with Crippen molar-refractivity contribution in [2.45, 2.75) is 32.4 Å². The highest BCUT2D eigenvalue weighted by Gasteiger charge is 2.22. The van der Waals surface area contributed by atoms with Crippen molar-refractivity contribution in [1.29, 1.82) is 0 Å². The third-order valence-electron chi connectivity index (χ3n) is 3.83. The van der Waals surface area contributed by atoms with E-state index in [1.165, 1.54) is 0 Å².